The number of rotatable bonds is 3. The predicted octanol–water partition coefficient (Wildman–Crippen LogP) is 5.40. The number of halogens is 1. The molecule has 1 aliphatic carbocycles. The van der Waals surface area contributed by atoms with Crippen molar-refractivity contribution in [2.45, 2.75) is 46.5 Å². The van der Waals surface area contributed by atoms with Crippen LogP contribution in [0.1, 0.15) is 50.8 Å². The fourth-order valence-corrected chi connectivity index (χ4v) is 4.97. The molecule has 0 saturated carbocycles. The summed E-state index contributed by atoms with van der Waals surface area (Å²) in [6.45, 7) is 8.00. The van der Waals surface area contributed by atoms with Gasteiger partial charge in [-0.25, -0.2) is 4.98 Å². The molecule has 0 fully saturated rings. The Hall–Kier alpha value is -2.73. The minimum atomic E-state index is -0.429. The number of aryl methyl sites for hydroxylation is 1. The van der Waals surface area contributed by atoms with Crippen LogP contribution >= 0.6 is 15.9 Å². The van der Waals surface area contributed by atoms with Gasteiger partial charge in [0, 0.05) is 45.0 Å². The highest BCUT2D eigenvalue weighted by molar-refractivity contribution is 9.10. The monoisotopic (exact) mass is 479 g/mol. The number of nitrogens with zero attached hydrogens (tertiary/aromatic N) is 1. The van der Waals surface area contributed by atoms with E-state index in [1.165, 1.54) is 0 Å². The number of aromatic nitrogens is 1. The van der Waals surface area contributed by atoms with E-state index in [1.807, 2.05) is 50.2 Å². The molecule has 2 aromatic rings. The predicted molar refractivity (Wildman–Crippen MR) is 125 cm³/mol. The Morgan fingerprint density at radius 2 is 1.90 bits per heavy atom. The number of benzene rings is 1. The van der Waals surface area contributed by atoms with Gasteiger partial charge in [0.2, 0.25) is 0 Å². The van der Waals surface area contributed by atoms with Gasteiger partial charge in [-0.05, 0) is 55.5 Å². The number of dihydropyridines is 1. The summed E-state index contributed by atoms with van der Waals surface area (Å²) >= 11 is 3.54. The number of ketones is 1. The van der Waals surface area contributed by atoms with Crippen molar-refractivity contribution < 1.29 is 9.59 Å². The number of carbonyl (C=O) groups excluding carboxylic acids is 2. The quantitative estimate of drug-likeness (QED) is 0.618. The molecule has 1 unspecified atom stereocenters. The maximum Gasteiger partial charge on any atom is 0.255 e. The number of anilines is 1. The number of allylic oxidation sites excluding steroid dienone is 3. The molecule has 5 nitrogen and oxygen atoms in total. The summed E-state index contributed by atoms with van der Waals surface area (Å²) < 4.78 is 0.909. The molecule has 6 heteroatoms. The van der Waals surface area contributed by atoms with Gasteiger partial charge in [0.1, 0.15) is 5.82 Å². The number of hydrogen-bond acceptors (Lipinski definition) is 4. The van der Waals surface area contributed by atoms with E-state index in [9.17, 15) is 9.59 Å². The molecule has 1 aromatic heterocycles. The zero-order valence-electron chi connectivity index (χ0n) is 18.2. The highest BCUT2D eigenvalue weighted by atomic mass is 79.9. The van der Waals surface area contributed by atoms with Gasteiger partial charge in [-0.2, -0.15) is 0 Å². The largest absolute Gasteiger partial charge is 0.362 e. The topological polar surface area (TPSA) is 71.1 Å². The summed E-state index contributed by atoms with van der Waals surface area (Å²) in [6, 6.07) is 13.3. The molecule has 0 saturated heterocycles. The maximum atomic E-state index is 13.5. The first-order valence-corrected chi connectivity index (χ1v) is 11.2. The molecule has 0 bridgehead atoms. The Balaban J connectivity index is 1.81. The molecular weight excluding hydrogens is 454 g/mol. The van der Waals surface area contributed by atoms with Crippen LogP contribution < -0.4 is 10.6 Å². The molecule has 1 aromatic carbocycles. The van der Waals surface area contributed by atoms with Crippen molar-refractivity contribution in [2.24, 2.45) is 5.41 Å². The van der Waals surface area contributed by atoms with Crippen molar-refractivity contribution in [2.75, 3.05) is 5.32 Å². The van der Waals surface area contributed by atoms with Crippen LogP contribution in [0.3, 0.4) is 0 Å². The Bertz CT molecular complexity index is 1150. The Morgan fingerprint density at radius 1 is 1.16 bits per heavy atom. The molecule has 4 rings (SSSR count). The minimum absolute atomic E-state index is 0.0928. The second-order valence-electron chi connectivity index (χ2n) is 9.10. The molecule has 160 valence electrons. The van der Waals surface area contributed by atoms with Crippen LogP contribution in [-0.2, 0) is 9.59 Å². The zero-order valence-corrected chi connectivity index (χ0v) is 19.8. The lowest BCUT2D eigenvalue weighted by molar-refractivity contribution is -0.118. The molecule has 1 aliphatic heterocycles. The maximum absolute atomic E-state index is 13.5. The summed E-state index contributed by atoms with van der Waals surface area (Å²) in [4.78, 5) is 31.2. The van der Waals surface area contributed by atoms with Gasteiger partial charge >= 0.3 is 0 Å². The second kappa shape index (κ2) is 8.08. The van der Waals surface area contributed by atoms with Crippen molar-refractivity contribution in [1.29, 1.82) is 0 Å². The first kappa shape index (κ1) is 21.5. The van der Waals surface area contributed by atoms with Gasteiger partial charge in [-0.15, -0.1) is 0 Å². The van der Waals surface area contributed by atoms with Crippen LogP contribution in [0.5, 0.6) is 0 Å². The average molecular weight is 480 g/mol. The van der Waals surface area contributed by atoms with E-state index < -0.39 is 5.92 Å². The summed E-state index contributed by atoms with van der Waals surface area (Å²) in [6.07, 6.45) is 1.23. The molecular formula is C25H26BrN3O2. The fourth-order valence-electron chi connectivity index (χ4n) is 4.55. The van der Waals surface area contributed by atoms with E-state index in [-0.39, 0.29) is 17.1 Å². The van der Waals surface area contributed by atoms with Crippen LogP contribution in [0.4, 0.5) is 5.82 Å². The molecule has 2 aliphatic rings. The van der Waals surface area contributed by atoms with Gasteiger partial charge in [0.25, 0.3) is 5.91 Å². The number of nitrogens with one attached hydrogen (secondary N) is 2. The van der Waals surface area contributed by atoms with Gasteiger partial charge in [0.05, 0.1) is 0 Å². The van der Waals surface area contributed by atoms with Crippen LogP contribution in [-0.4, -0.2) is 16.7 Å². The lowest BCUT2D eigenvalue weighted by Crippen LogP contribution is -2.39. The van der Waals surface area contributed by atoms with Crippen LogP contribution in [0.15, 0.2) is 69.5 Å². The van der Waals surface area contributed by atoms with Crippen molar-refractivity contribution in [3.8, 4) is 0 Å². The molecule has 1 atom stereocenters. The van der Waals surface area contributed by atoms with E-state index in [1.54, 1.807) is 6.07 Å². The molecule has 2 N–H and O–H groups in total. The van der Waals surface area contributed by atoms with Crippen molar-refractivity contribution in [3.05, 3.63) is 80.7 Å². The van der Waals surface area contributed by atoms with Crippen LogP contribution in [0, 0.1) is 12.3 Å². The molecule has 31 heavy (non-hydrogen) atoms. The highest BCUT2D eigenvalue weighted by Gasteiger charge is 2.42. The standard InChI is InChI=1S/C25H26BrN3O2/c1-14-7-5-10-20(27-14)29-24(31)21-15(2)28-18-12-25(3,4)13-19(30)23(18)22(21)16-8-6-9-17(26)11-16/h5-11,22,28H,12-13H2,1-4H3,(H,27,29,31). The number of hydrogen-bond donors (Lipinski definition) is 2. The smallest absolute Gasteiger partial charge is 0.255 e. The van der Waals surface area contributed by atoms with Crippen LogP contribution in [0.2, 0.25) is 0 Å². The second-order valence-corrected chi connectivity index (χ2v) is 10.0. The zero-order chi connectivity index (χ0) is 22.3. The lowest BCUT2D eigenvalue weighted by Gasteiger charge is -2.39. The van der Waals surface area contributed by atoms with Gasteiger partial charge in [-0.3, -0.25) is 9.59 Å². The first-order chi connectivity index (χ1) is 14.6. The average Bonchev–Trinajstić information content (AvgIpc) is 2.65. The third-order valence-corrected chi connectivity index (χ3v) is 6.29. The third-order valence-electron chi connectivity index (χ3n) is 5.80. The summed E-state index contributed by atoms with van der Waals surface area (Å²) in [5, 5.41) is 6.32. The Labute approximate surface area is 191 Å². The molecule has 0 radical (unpaired) electrons. The van der Waals surface area contributed by atoms with Gasteiger partial charge in [0.15, 0.2) is 5.78 Å². The van der Waals surface area contributed by atoms with E-state index in [2.05, 4.69) is 45.4 Å². The molecule has 2 heterocycles. The number of amides is 1. The van der Waals surface area contributed by atoms with Gasteiger partial charge < -0.3 is 10.6 Å². The van der Waals surface area contributed by atoms with Crippen LogP contribution in [0.25, 0.3) is 0 Å². The summed E-state index contributed by atoms with van der Waals surface area (Å²) in [5.41, 5.74) is 4.56. The Kier molecular flexibility index (Phi) is 5.60. The van der Waals surface area contributed by atoms with E-state index >= 15 is 0 Å². The van der Waals surface area contributed by atoms with Gasteiger partial charge in [-0.1, -0.05) is 48.0 Å². The number of pyridine rings is 1. The Morgan fingerprint density at radius 3 is 2.61 bits per heavy atom. The van der Waals surface area contributed by atoms with E-state index in [0.29, 0.717) is 23.4 Å². The molecule has 0 spiro atoms. The number of Topliss-reactive ketones (excluding diaryl/α,β-unsaturated/α-hetero) is 1. The van der Waals surface area contributed by atoms with Crippen molar-refractivity contribution in [1.82, 2.24) is 10.3 Å². The van der Waals surface area contributed by atoms with E-state index in [0.717, 1.165) is 33.5 Å². The first-order valence-electron chi connectivity index (χ1n) is 10.4. The van der Waals surface area contributed by atoms with Crippen molar-refractivity contribution >= 4 is 33.4 Å². The lowest BCUT2D eigenvalue weighted by atomic mass is 9.68. The molecule has 1 amide bonds. The minimum Gasteiger partial charge on any atom is -0.362 e. The van der Waals surface area contributed by atoms with E-state index in [4.69, 9.17) is 0 Å². The third kappa shape index (κ3) is 4.35. The number of carbonyl (C=O) groups is 2. The highest BCUT2D eigenvalue weighted by Crippen LogP contribution is 2.47. The fraction of sp³-hybridized carbons (Fsp3) is 0.320. The van der Waals surface area contributed by atoms with Crippen molar-refractivity contribution in [3.63, 3.8) is 0 Å². The summed E-state index contributed by atoms with van der Waals surface area (Å²) in [7, 11) is 0. The summed E-state index contributed by atoms with van der Waals surface area (Å²) in [5.74, 6) is -0.0937. The SMILES string of the molecule is CC1=C(C(=O)Nc2cccc(C)n2)C(c2cccc(Br)c2)C2=C(CC(C)(C)CC2=O)N1. The normalized spacial score (nSPS) is 20.3.